The molecule has 62 valence electrons. The lowest BCUT2D eigenvalue weighted by Crippen LogP contribution is -2.23. The van der Waals surface area contributed by atoms with Gasteiger partial charge in [-0.2, -0.15) is 5.10 Å². The standard InChI is InChI=1S/C9H16N2/c1-7(2)10-11(8-3-4-8)9-5-6-9/h8-9H,3-6H2,1-2H3. The summed E-state index contributed by atoms with van der Waals surface area (Å²) in [6.45, 7) is 4.16. The smallest absolute Gasteiger partial charge is 0.0475 e. The van der Waals surface area contributed by atoms with Crippen LogP contribution in [0.15, 0.2) is 5.10 Å². The first-order valence-corrected chi connectivity index (χ1v) is 4.57. The molecular weight excluding hydrogens is 136 g/mol. The maximum atomic E-state index is 4.55. The fourth-order valence-electron chi connectivity index (χ4n) is 1.37. The first kappa shape index (κ1) is 7.14. The molecule has 2 aliphatic rings. The van der Waals surface area contributed by atoms with Crippen LogP contribution in [0.4, 0.5) is 0 Å². The lowest BCUT2D eigenvalue weighted by Gasteiger charge is -2.18. The molecule has 0 aromatic rings. The highest BCUT2D eigenvalue weighted by Gasteiger charge is 2.38. The summed E-state index contributed by atoms with van der Waals surface area (Å²) in [7, 11) is 0. The van der Waals surface area contributed by atoms with Crippen LogP contribution in [0.1, 0.15) is 39.5 Å². The zero-order valence-corrected chi connectivity index (χ0v) is 7.38. The van der Waals surface area contributed by atoms with E-state index in [1.807, 2.05) is 0 Å². The van der Waals surface area contributed by atoms with Gasteiger partial charge in [0.05, 0.1) is 0 Å². The minimum absolute atomic E-state index is 0.803. The number of hydrogen-bond donors (Lipinski definition) is 0. The Balaban J connectivity index is 1.97. The quantitative estimate of drug-likeness (QED) is 0.446. The van der Waals surface area contributed by atoms with E-state index >= 15 is 0 Å². The second kappa shape index (κ2) is 2.50. The van der Waals surface area contributed by atoms with Crippen LogP contribution in [0.2, 0.25) is 0 Å². The molecule has 0 radical (unpaired) electrons. The van der Waals surface area contributed by atoms with Crippen molar-refractivity contribution in [3.8, 4) is 0 Å². The van der Waals surface area contributed by atoms with Gasteiger partial charge in [-0.05, 0) is 39.5 Å². The molecule has 0 N–H and O–H groups in total. The molecule has 2 rings (SSSR count). The van der Waals surface area contributed by atoms with Gasteiger partial charge >= 0.3 is 0 Å². The Bertz CT molecular complexity index is 162. The predicted molar refractivity (Wildman–Crippen MR) is 46.7 cm³/mol. The van der Waals surface area contributed by atoms with Gasteiger partial charge in [0.25, 0.3) is 0 Å². The Kier molecular flexibility index (Phi) is 1.63. The maximum Gasteiger partial charge on any atom is 0.0475 e. The molecule has 2 heteroatoms. The summed E-state index contributed by atoms with van der Waals surface area (Å²) in [5, 5.41) is 6.89. The Hall–Kier alpha value is -0.530. The SMILES string of the molecule is CC(C)=NN(C1CC1)C1CC1. The summed E-state index contributed by atoms with van der Waals surface area (Å²) in [5.74, 6) is 0. The molecule has 0 spiro atoms. The van der Waals surface area contributed by atoms with Crippen molar-refractivity contribution in [1.82, 2.24) is 5.01 Å². The highest BCUT2D eigenvalue weighted by molar-refractivity contribution is 5.78. The fraction of sp³-hybridized carbons (Fsp3) is 0.889. The summed E-state index contributed by atoms with van der Waals surface area (Å²) >= 11 is 0. The lowest BCUT2D eigenvalue weighted by molar-refractivity contribution is 0.266. The topological polar surface area (TPSA) is 15.6 Å². The molecule has 2 nitrogen and oxygen atoms in total. The molecule has 0 amide bonds. The van der Waals surface area contributed by atoms with Crippen LogP contribution in [-0.4, -0.2) is 22.8 Å². The van der Waals surface area contributed by atoms with Gasteiger partial charge in [-0.15, -0.1) is 0 Å². The lowest BCUT2D eigenvalue weighted by atomic mass is 10.5. The minimum atomic E-state index is 0.803. The molecule has 11 heavy (non-hydrogen) atoms. The van der Waals surface area contributed by atoms with Crippen molar-refractivity contribution in [1.29, 1.82) is 0 Å². The Morgan fingerprint density at radius 2 is 1.55 bits per heavy atom. The van der Waals surface area contributed by atoms with E-state index in [9.17, 15) is 0 Å². The van der Waals surface area contributed by atoms with Gasteiger partial charge in [0, 0.05) is 17.8 Å². The summed E-state index contributed by atoms with van der Waals surface area (Å²) in [5.41, 5.74) is 1.20. The van der Waals surface area contributed by atoms with Crippen molar-refractivity contribution in [3.05, 3.63) is 0 Å². The minimum Gasteiger partial charge on any atom is -0.291 e. The van der Waals surface area contributed by atoms with Gasteiger partial charge in [0.2, 0.25) is 0 Å². The summed E-state index contributed by atoms with van der Waals surface area (Å²) in [6.07, 6.45) is 5.47. The van der Waals surface area contributed by atoms with Crippen LogP contribution in [0.5, 0.6) is 0 Å². The average molecular weight is 152 g/mol. The van der Waals surface area contributed by atoms with E-state index in [0.717, 1.165) is 12.1 Å². The Morgan fingerprint density at radius 1 is 1.09 bits per heavy atom. The van der Waals surface area contributed by atoms with Crippen LogP contribution < -0.4 is 0 Å². The number of hydrazone groups is 1. The van der Waals surface area contributed by atoms with Crippen molar-refractivity contribution in [2.45, 2.75) is 51.6 Å². The van der Waals surface area contributed by atoms with Crippen molar-refractivity contribution in [3.63, 3.8) is 0 Å². The zero-order chi connectivity index (χ0) is 7.84. The van der Waals surface area contributed by atoms with Crippen molar-refractivity contribution < 1.29 is 0 Å². The van der Waals surface area contributed by atoms with E-state index in [1.54, 1.807) is 0 Å². The largest absolute Gasteiger partial charge is 0.291 e. The maximum absolute atomic E-state index is 4.55. The molecule has 0 saturated heterocycles. The van der Waals surface area contributed by atoms with Gasteiger partial charge < -0.3 is 0 Å². The molecule has 0 heterocycles. The average Bonchev–Trinajstić information content (AvgIpc) is 2.79. The van der Waals surface area contributed by atoms with Crippen molar-refractivity contribution in [2.24, 2.45) is 5.10 Å². The molecule has 0 aromatic carbocycles. The molecule has 0 aromatic heterocycles. The van der Waals surface area contributed by atoms with Crippen LogP contribution in [0.3, 0.4) is 0 Å². The van der Waals surface area contributed by atoms with Crippen LogP contribution >= 0.6 is 0 Å². The molecule has 2 saturated carbocycles. The van der Waals surface area contributed by atoms with Gasteiger partial charge in [-0.1, -0.05) is 0 Å². The highest BCUT2D eigenvalue weighted by atomic mass is 15.5. The predicted octanol–water partition coefficient (Wildman–Crippen LogP) is 2.01. The third kappa shape index (κ3) is 1.73. The fourth-order valence-corrected chi connectivity index (χ4v) is 1.37. The molecule has 0 aliphatic heterocycles. The normalized spacial score (nSPS) is 23.1. The van der Waals surface area contributed by atoms with E-state index in [4.69, 9.17) is 0 Å². The molecular formula is C9H16N2. The Labute approximate surface area is 68.3 Å². The van der Waals surface area contributed by atoms with E-state index in [1.165, 1.54) is 31.4 Å². The third-order valence-electron chi connectivity index (χ3n) is 2.16. The molecule has 2 fully saturated rings. The summed E-state index contributed by atoms with van der Waals surface area (Å²) in [4.78, 5) is 0. The number of hydrogen-bond acceptors (Lipinski definition) is 2. The third-order valence-corrected chi connectivity index (χ3v) is 2.16. The van der Waals surface area contributed by atoms with Crippen LogP contribution in [0.25, 0.3) is 0 Å². The van der Waals surface area contributed by atoms with Crippen LogP contribution in [0, 0.1) is 0 Å². The van der Waals surface area contributed by atoms with E-state index in [2.05, 4.69) is 24.0 Å². The zero-order valence-electron chi connectivity index (χ0n) is 7.38. The summed E-state index contributed by atoms with van der Waals surface area (Å²) in [6, 6.07) is 1.61. The van der Waals surface area contributed by atoms with E-state index in [0.29, 0.717) is 0 Å². The highest BCUT2D eigenvalue weighted by Crippen LogP contribution is 2.37. The summed E-state index contributed by atoms with van der Waals surface area (Å²) < 4.78 is 0. The van der Waals surface area contributed by atoms with Crippen molar-refractivity contribution >= 4 is 5.71 Å². The van der Waals surface area contributed by atoms with Gasteiger partial charge in [0.1, 0.15) is 0 Å². The van der Waals surface area contributed by atoms with Gasteiger partial charge in [-0.3, -0.25) is 5.01 Å². The first-order valence-electron chi connectivity index (χ1n) is 4.57. The number of rotatable bonds is 3. The van der Waals surface area contributed by atoms with Gasteiger partial charge in [0.15, 0.2) is 0 Å². The van der Waals surface area contributed by atoms with E-state index < -0.39 is 0 Å². The number of nitrogens with zero attached hydrogens (tertiary/aromatic N) is 2. The van der Waals surface area contributed by atoms with Crippen LogP contribution in [-0.2, 0) is 0 Å². The molecule has 0 atom stereocenters. The monoisotopic (exact) mass is 152 g/mol. The van der Waals surface area contributed by atoms with Gasteiger partial charge in [-0.25, -0.2) is 0 Å². The Morgan fingerprint density at radius 3 is 1.82 bits per heavy atom. The molecule has 2 aliphatic carbocycles. The first-order chi connectivity index (χ1) is 5.27. The second-order valence-electron chi connectivity index (χ2n) is 3.89. The van der Waals surface area contributed by atoms with E-state index in [-0.39, 0.29) is 0 Å². The van der Waals surface area contributed by atoms with Crippen molar-refractivity contribution in [2.75, 3.05) is 0 Å². The molecule has 0 bridgehead atoms. The second-order valence-corrected chi connectivity index (χ2v) is 3.89. The molecule has 0 unspecified atom stereocenters.